The first-order chi connectivity index (χ1) is 10.8. The van der Waals surface area contributed by atoms with Crippen molar-refractivity contribution < 1.29 is 26.9 Å². The van der Waals surface area contributed by atoms with Crippen molar-refractivity contribution in [3.63, 3.8) is 0 Å². The molecule has 0 unspecified atom stereocenters. The lowest BCUT2D eigenvalue weighted by Gasteiger charge is -2.04. The Balaban J connectivity index is 1.82. The largest absolute Gasteiger partial charge is 0.484 e. The maximum Gasteiger partial charge on any atom is 0.328 e. The summed E-state index contributed by atoms with van der Waals surface area (Å²) >= 11 is 0. The van der Waals surface area contributed by atoms with Crippen molar-refractivity contribution in [3.8, 4) is 5.75 Å². The summed E-state index contributed by atoms with van der Waals surface area (Å²) in [7, 11) is -4.40. The molecule has 9 heteroatoms. The van der Waals surface area contributed by atoms with E-state index in [1.54, 1.807) is 12.1 Å². The van der Waals surface area contributed by atoms with Crippen LogP contribution in [0.4, 0.5) is 0 Å². The van der Waals surface area contributed by atoms with Gasteiger partial charge in [-0.1, -0.05) is 17.7 Å². The van der Waals surface area contributed by atoms with Gasteiger partial charge < -0.3 is 9.15 Å². The average molecular weight is 338 g/mol. The first-order valence-corrected chi connectivity index (χ1v) is 7.87. The Morgan fingerprint density at radius 1 is 1.30 bits per heavy atom. The smallest absolute Gasteiger partial charge is 0.328 e. The number of amides is 1. The number of carbonyl (C=O) groups excluding carboxylic acids is 1. The Labute approximate surface area is 132 Å². The number of ether oxygens (including phenoxy) is 1. The standard InChI is InChI=1S/C14H14N2O6S/c1-10-2-4-11(5-3-10)21-9-13(17)16-15-8-12-6-7-14(22-12)23(18,19)20/h2-8H,9H2,1H3,(H,16,17)(H,18,19,20)/b15-8-. The van der Waals surface area contributed by atoms with Crippen LogP contribution in [0.25, 0.3) is 0 Å². The molecule has 2 N–H and O–H groups in total. The average Bonchev–Trinajstić information content (AvgIpc) is 2.96. The zero-order valence-corrected chi connectivity index (χ0v) is 12.9. The van der Waals surface area contributed by atoms with Crippen LogP contribution in [0.15, 0.2) is 51.0 Å². The third-order valence-electron chi connectivity index (χ3n) is 2.63. The molecule has 1 aromatic heterocycles. The van der Waals surface area contributed by atoms with E-state index in [0.29, 0.717) is 5.75 Å². The molecule has 0 aliphatic carbocycles. The second-order valence-electron chi connectivity index (χ2n) is 4.53. The summed E-state index contributed by atoms with van der Waals surface area (Å²) < 4.78 is 40.4. The van der Waals surface area contributed by atoms with Gasteiger partial charge in [0, 0.05) is 0 Å². The van der Waals surface area contributed by atoms with E-state index in [-0.39, 0.29) is 12.4 Å². The highest BCUT2D eigenvalue weighted by molar-refractivity contribution is 7.85. The maximum atomic E-state index is 11.5. The molecule has 1 amide bonds. The van der Waals surface area contributed by atoms with Gasteiger partial charge in [-0.3, -0.25) is 9.35 Å². The van der Waals surface area contributed by atoms with Crippen molar-refractivity contribution in [3.05, 3.63) is 47.7 Å². The summed E-state index contributed by atoms with van der Waals surface area (Å²) in [6, 6.07) is 9.54. The molecule has 0 saturated carbocycles. The summed E-state index contributed by atoms with van der Waals surface area (Å²) in [5.41, 5.74) is 3.27. The zero-order valence-electron chi connectivity index (χ0n) is 12.1. The van der Waals surface area contributed by atoms with Crippen molar-refractivity contribution in [2.75, 3.05) is 6.61 Å². The van der Waals surface area contributed by atoms with E-state index in [2.05, 4.69) is 10.5 Å². The summed E-state index contributed by atoms with van der Waals surface area (Å²) in [5, 5.41) is 2.98. The summed E-state index contributed by atoms with van der Waals surface area (Å²) in [6.45, 7) is 1.71. The van der Waals surface area contributed by atoms with Gasteiger partial charge in [-0.05, 0) is 31.2 Å². The van der Waals surface area contributed by atoms with E-state index in [4.69, 9.17) is 13.7 Å². The molecular weight excluding hydrogens is 324 g/mol. The minimum Gasteiger partial charge on any atom is -0.484 e. The van der Waals surface area contributed by atoms with Gasteiger partial charge in [0.25, 0.3) is 5.91 Å². The van der Waals surface area contributed by atoms with Gasteiger partial charge >= 0.3 is 10.1 Å². The minimum absolute atomic E-state index is 0.0531. The zero-order chi connectivity index (χ0) is 16.9. The molecule has 0 aliphatic heterocycles. The second kappa shape index (κ2) is 7.07. The van der Waals surface area contributed by atoms with E-state index in [1.165, 1.54) is 6.07 Å². The van der Waals surface area contributed by atoms with Crippen molar-refractivity contribution in [1.82, 2.24) is 5.43 Å². The number of rotatable bonds is 6. The Bertz CT molecular complexity index is 808. The lowest BCUT2D eigenvalue weighted by molar-refractivity contribution is -0.123. The van der Waals surface area contributed by atoms with Gasteiger partial charge in [-0.2, -0.15) is 13.5 Å². The lowest BCUT2D eigenvalue weighted by Crippen LogP contribution is -2.24. The minimum atomic E-state index is -4.40. The molecule has 0 aliphatic rings. The first-order valence-electron chi connectivity index (χ1n) is 6.43. The second-order valence-corrected chi connectivity index (χ2v) is 5.88. The fraction of sp³-hybridized carbons (Fsp3) is 0.143. The summed E-state index contributed by atoms with van der Waals surface area (Å²) in [6.07, 6.45) is 1.10. The van der Waals surface area contributed by atoms with Crippen LogP contribution >= 0.6 is 0 Å². The van der Waals surface area contributed by atoms with E-state index in [9.17, 15) is 13.2 Å². The third kappa shape index (κ3) is 5.24. The van der Waals surface area contributed by atoms with Crippen molar-refractivity contribution in [2.24, 2.45) is 5.10 Å². The SMILES string of the molecule is Cc1ccc(OCC(=O)N/N=C\c2ccc(S(=O)(=O)O)o2)cc1. The number of carbonyl (C=O) groups is 1. The molecule has 1 aromatic carbocycles. The van der Waals surface area contributed by atoms with Crippen LogP contribution in [-0.4, -0.2) is 31.7 Å². The number of hydrazone groups is 1. The fourth-order valence-electron chi connectivity index (χ4n) is 1.53. The number of nitrogens with one attached hydrogen (secondary N) is 1. The van der Waals surface area contributed by atoms with E-state index in [1.807, 2.05) is 19.1 Å². The molecule has 0 bridgehead atoms. The number of hydrogen-bond donors (Lipinski definition) is 2. The molecule has 1 heterocycles. The summed E-state index contributed by atoms with van der Waals surface area (Å²) in [5.74, 6) is 0.110. The van der Waals surface area contributed by atoms with E-state index >= 15 is 0 Å². The molecule has 0 spiro atoms. The van der Waals surface area contributed by atoms with Crippen LogP contribution in [0.1, 0.15) is 11.3 Å². The molecule has 2 aromatic rings. The highest BCUT2D eigenvalue weighted by Gasteiger charge is 2.14. The summed E-state index contributed by atoms with van der Waals surface area (Å²) in [4.78, 5) is 11.5. The molecule has 0 atom stereocenters. The normalized spacial score (nSPS) is 11.6. The quantitative estimate of drug-likeness (QED) is 0.466. The Hall–Kier alpha value is -2.65. The van der Waals surface area contributed by atoms with Gasteiger partial charge in [0.15, 0.2) is 6.61 Å². The monoisotopic (exact) mass is 338 g/mol. The predicted molar refractivity (Wildman–Crippen MR) is 80.9 cm³/mol. The van der Waals surface area contributed by atoms with Crippen LogP contribution in [0, 0.1) is 6.92 Å². The maximum absolute atomic E-state index is 11.5. The highest BCUT2D eigenvalue weighted by atomic mass is 32.2. The lowest BCUT2D eigenvalue weighted by atomic mass is 10.2. The highest BCUT2D eigenvalue weighted by Crippen LogP contribution is 2.12. The van der Waals surface area contributed by atoms with Crippen LogP contribution in [0.3, 0.4) is 0 Å². The molecule has 122 valence electrons. The number of nitrogens with zero attached hydrogens (tertiary/aromatic N) is 1. The van der Waals surface area contributed by atoms with Crippen LogP contribution < -0.4 is 10.2 Å². The van der Waals surface area contributed by atoms with Gasteiger partial charge in [0.2, 0.25) is 5.09 Å². The molecule has 2 rings (SSSR count). The molecule has 0 fully saturated rings. The van der Waals surface area contributed by atoms with Crippen molar-refractivity contribution in [1.29, 1.82) is 0 Å². The Morgan fingerprint density at radius 2 is 2.00 bits per heavy atom. The Morgan fingerprint density at radius 3 is 2.61 bits per heavy atom. The van der Waals surface area contributed by atoms with E-state index in [0.717, 1.165) is 17.8 Å². The fourth-order valence-corrected chi connectivity index (χ4v) is 1.97. The molecule has 0 radical (unpaired) electrons. The predicted octanol–water partition coefficient (Wildman–Crippen LogP) is 1.36. The van der Waals surface area contributed by atoms with Gasteiger partial charge in [0.1, 0.15) is 11.5 Å². The van der Waals surface area contributed by atoms with Gasteiger partial charge in [-0.25, -0.2) is 5.43 Å². The molecular formula is C14H14N2O6S. The van der Waals surface area contributed by atoms with Crippen molar-refractivity contribution >= 4 is 22.2 Å². The van der Waals surface area contributed by atoms with Crippen LogP contribution in [0.5, 0.6) is 5.75 Å². The number of hydrogen-bond acceptors (Lipinski definition) is 6. The number of aryl methyl sites for hydroxylation is 1. The van der Waals surface area contributed by atoms with Crippen LogP contribution in [0.2, 0.25) is 0 Å². The van der Waals surface area contributed by atoms with Gasteiger partial charge in [0.05, 0.1) is 6.21 Å². The van der Waals surface area contributed by atoms with Crippen molar-refractivity contribution in [2.45, 2.75) is 12.0 Å². The molecule has 23 heavy (non-hydrogen) atoms. The molecule has 8 nitrogen and oxygen atoms in total. The first kappa shape index (κ1) is 16.7. The van der Waals surface area contributed by atoms with Crippen LogP contribution in [-0.2, 0) is 14.9 Å². The Kier molecular flexibility index (Phi) is 5.14. The molecule has 0 saturated heterocycles. The van der Waals surface area contributed by atoms with Gasteiger partial charge in [-0.15, -0.1) is 0 Å². The topological polar surface area (TPSA) is 118 Å². The van der Waals surface area contributed by atoms with E-state index < -0.39 is 21.1 Å². The number of furan rings is 1. The third-order valence-corrected chi connectivity index (χ3v) is 3.36. The number of benzene rings is 1.